The third-order valence-corrected chi connectivity index (χ3v) is 2.15. The summed E-state index contributed by atoms with van der Waals surface area (Å²) >= 11 is 0. The lowest BCUT2D eigenvalue weighted by molar-refractivity contribution is -0.105. The third kappa shape index (κ3) is 1.64. The molecule has 0 atom stereocenters. The Balaban J connectivity index is 3.11. The van der Waals surface area contributed by atoms with Gasteiger partial charge in [-0.05, 0) is 49.6 Å². The molecule has 1 aromatic rings. The van der Waals surface area contributed by atoms with Gasteiger partial charge in [0.2, 0.25) is 6.41 Å². The molecule has 0 spiro atoms. The minimum atomic E-state index is 0.698. The Hall–Kier alpha value is -1.31. The van der Waals surface area contributed by atoms with Crippen LogP contribution in [-0.2, 0) is 4.79 Å². The lowest BCUT2D eigenvalue weighted by atomic mass is 10.0. The topological polar surface area (TPSA) is 29.1 Å². The lowest BCUT2D eigenvalue weighted by Crippen LogP contribution is -1.96. The molecule has 0 aliphatic heterocycles. The summed E-state index contributed by atoms with van der Waals surface area (Å²) < 4.78 is 0. The predicted octanol–water partition coefficient (Wildman–Crippen LogP) is 2.18. The highest BCUT2D eigenvalue weighted by Gasteiger charge is 1.99. The second kappa shape index (κ2) is 3.39. The Morgan fingerprint density at radius 2 is 1.67 bits per heavy atom. The SMILES string of the molecule is Cc1cc(NC=O)cc(C)c1C. The van der Waals surface area contributed by atoms with E-state index < -0.39 is 0 Å². The van der Waals surface area contributed by atoms with Gasteiger partial charge in [0.1, 0.15) is 0 Å². The zero-order chi connectivity index (χ0) is 9.14. The number of amides is 1. The fourth-order valence-electron chi connectivity index (χ4n) is 1.19. The summed E-state index contributed by atoms with van der Waals surface area (Å²) in [5, 5.41) is 2.64. The van der Waals surface area contributed by atoms with Gasteiger partial charge < -0.3 is 5.32 Å². The van der Waals surface area contributed by atoms with Crippen molar-refractivity contribution in [2.75, 3.05) is 5.32 Å². The van der Waals surface area contributed by atoms with Crippen LogP contribution in [0.1, 0.15) is 16.7 Å². The summed E-state index contributed by atoms with van der Waals surface area (Å²) in [4.78, 5) is 10.2. The second-order valence-corrected chi connectivity index (χ2v) is 3.00. The van der Waals surface area contributed by atoms with E-state index in [9.17, 15) is 4.79 Å². The Bertz CT molecular complexity index is 282. The number of hydrogen-bond donors (Lipinski definition) is 1. The summed E-state index contributed by atoms with van der Waals surface area (Å²) in [6.07, 6.45) is 0.698. The van der Waals surface area contributed by atoms with Crippen molar-refractivity contribution < 1.29 is 4.79 Å². The van der Waals surface area contributed by atoms with Gasteiger partial charge in [0.25, 0.3) is 0 Å². The van der Waals surface area contributed by atoms with Gasteiger partial charge in [-0.15, -0.1) is 0 Å². The van der Waals surface area contributed by atoms with Crippen LogP contribution in [0.25, 0.3) is 0 Å². The zero-order valence-electron chi connectivity index (χ0n) is 7.64. The highest BCUT2D eigenvalue weighted by molar-refractivity contribution is 5.72. The molecule has 1 N–H and O–H groups in total. The third-order valence-electron chi connectivity index (χ3n) is 2.15. The Kier molecular flexibility index (Phi) is 2.48. The van der Waals surface area contributed by atoms with Crippen LogP contribution in [0.2, 0.25) is 0 Å². The van der Waals surface area contributed by atoms with Crippen molar-refractivity contribution >= 4 is 12.1 Å². The Morgan fingerprint density at radius 3 is 2.08 bits per heavy atom. The minimum absolute atomic E-state index is 0.698. The molecule has 0 saturated carbocycles. The number of aryl methyl sites for hydroxylation is 2. The Labute approximate surface area is 72.6 Å². The number of anilines is 1. The molecule has 12 heavy (non-hydrogen) atoms. The van der Waals surface area contributed by atoms with Crippen LogP contribution in [0.4, 0.5) is 5.69 Å². The summed E-state index contributed by atoms with van der Waals surface area (Å²) in [7, 11) is 0. The molecule has 64 valence electrons. The number of carbonyl (C=O) groups is 1. The highest BCUT2D eigenvalue weighted by atomic mass is 16.1. The Morgan fingerprint density at radius 1 is 1.17 bits per heavy atom. The molecule has 0 aromatic heterocycles. The van der Waals surface area contributed by atoms with Gasteiger partial charge in [0, 0.05) is 5.69 Å². The van der Waals surface area contributed by atoms with Gasteiger partial charge in [-0.1, -0.05) is 0 Å². The number of rotatable bonds is 2. The maximum absolute atomic E-state index is 10.2. The van der Waals surface area contributed by atoms with Crippen molar-refractivity contribution in [2.45, 2.75) is 20.8 Å². The molecule has 0 fully saturated rings. The van der Waals surface area contributed by atoms with E-state index >= 15 is 0 Å². The number of benzene rings is 1. The van der Waals surface area contributed by atoms with E-state index in [1.165, 1.54) is 16.7 Å². The maximum atomic E-state index is 10.2. The van der Waals surface area contributed by atoms with Crippen molar-refractivity contribution in [1.29, 1.82) is 0 Å². The molecule has 0 aliphatic carbocycles. The molecule has 2 nitrogen and oxygen atoms in total. The average molecular weight is 163 g/mol. The van der Waals surface area contributed by atoms with E-state index in [1.807, 2.05) is 26.0 Å². The molecular formula is C10H13NO. The van der Waals surface area contributed by atoms with Gasteiger partial charge in [0.05, 0.1) is 0 Å². The lowest BCUT2D eigenvalue weighted by Gasteiger charge is -2.07. The fourth-order valence-corrected chi connectivity index (χ4v) is 1.19. The van der Waals surface area contributed by atoms with Crippen molar-refractivity contribution in [3.63, 3.8) is 0 Å². The van der Waals surface area contributed by atoms with Crippen molar-refractivity contribution in [2.24, 2.45) is 0 Å². The first kappa shape index (κ1) is 8.78. The van der Waals surface area contributed by atoms with Gasteiger partial charge in [-0.3, -0.25) is 4.79 Å². The predicted molar refractivity (Wildman–Crippen MR) is 50.3 cm³/mol. The maximum Gasteiger partial charge on any atom is 0.211 e. The first-order valence-corrected chi connectivity index (χ1v) is 3.93. The molecule has 1 amide bonds. The minimum Gasteiger partial charge on any atom is -0.329 e. The molecule has 0 bridgehead atoms. The fraction of sp³-hybridized carbons (Fsp3) is 0.300. The molecule has 2 heteroatoms. The van der Waals surface area contributed by atoms with E-state index in [4.69, 9.17) is 0 Å². The molecular weight excluding hydrogens is 150 g/mol. The van der Waals surface area contributed by atoms with Crippen LogP contribution in [0.5, 0.6) is 0 Å². The summed E-state index contributed by atoms with van der Waals surface area (Å²) in [5.41, 5.74) is 4.57. The first-order valence-electron chi connectivity index (χ1n) is 3.93. The van der Waals surface area contributed by atoms with Gasteiger partial charge in [0.15, 0.2) is 0 Å². The second-order valence-electron chi connectivity index (χ2n) is 3.00. The van der Waals surface area contributed by atoms with Crippen molar-refractivity contribution in [3.8, 4) is 0 Å². The molecule has 0 unspecified atom stereocenters. The van der Waals surface area contributed by atoms with Crippen LogP contribution < -0.4 is 5.32 Å². The van der Waals surface area contributed by atoms with Crippen LogP contribution in [0, 0.1) is 20.8 Å². The molecule has 0 saturated heterocycles. The van der Waals surface area contributed by atoms with Gasteiger partial charge >= 0.3 is 0 Å². The van der Waals surface area contributed by atoms with Crippen LogP contribution in [0.15, 0.2) is 12.1 Å². The highest BCUT2D eigenvalue weighted by Crippen LogP contribution is 2.18. The average Bonchev–Trinajstić information content (AvgIpc) is 2.01. The normalized spacial score (nSPS) is 9.58. The van der Waals surface area contributed by atoms with Crippen LogP contribution in [0.3, 0.4) is 0 Å². The van der Waals surface area contributed by atoms with Gasteiger partial charge in [-0.25, -0.2) is 0 Å². The standard InChI is InChI=1S/C10H13NO/c1-7-4-10(11-6-12)5-8(2)9(7)3/h4-6H,1-3H3,(H,11,12). The smallest absolute Gasteiger partial charge is 0.211 e. The number of carbonyl (C=O) groups excluding carboxylic acids is 1. The molecule has 0 radical (unpaired) electrons. The van der Waals surface area contributed by atoms with E-state index in [2.05, 4.69) is 12.2 Å². The summed E-state index contributed by atoms with van der Waals surface area (Å²) in [5.74, 6) is 0. The quantitative estimate of drug-likeness (QED) is 0.665. The summed E-state index contributed by atoms with van der Waals surface area (Å²) in [6.45, 7) is 6.16. The molecule has 1 aromatic carbocycles. The molecule has 1 rings (SSSR count). The van der Waals surface area contributed by atoms with E-state index in [-0.39, 0.29) is 0 Å². The number of hydrogen-bond acceptors (Lipinski definition) is 1. The van der Waals surface area contributed by atoms with Crippen molar-refractivity contribution in [1.82, 2.24) is 0 Å². The number of nitrogens with one attached hydrogen (secondary N) is 1. The van der Waals surface area contributed by atoms with E-state index in [0.717, 1.165) is 5.69 Å². The first-order chi connectivity index (χ1) is 5.65. The van der Waals surface area contributed by atoms with Gasteiger partial charge in [-0.2, -0.15) is 0 Å². The zero-order valence-corrected chi connectivity index (χ0v) is 7.64. The molecule has 0 heterocycles. The van der Waals surface area contributed by atoms with E-state index in [0.29, 0.717) is 6.41 Å². The van der Waals surface area contributed by atoms with Crippen molar-refractivity contribution in [3.05, 3.63) is 28.8 Å². The van der Waals surface area contributed by atoms with Crippen LogP contribution in [-0.4, -0.2) is 6.41 Å². The monoisotopic (exact) mass is 163 g/mol. The van der Waals surface area contributed by atoms with Crippen LogP contribution >= 0.6 is 0 Å². The summed E-state index contributed by atoms with van der Waals surface area (Å²) in [6, 6.07) is 3.94. The van der Waals surface area contributed by atoms with E-state index in [1.54, 1.807) is 0 Å². The largest absolute Gasteiger partial charge is 0.329 e. The molecule has 0 aliphatic rings.